The van der Waals surface area contributed by atoms with Crippen LogP contribution in [0, 0.1) is 13.8 Å². The Morgan fingerprint density at radius 2 is 1.79 bits per heavy atom. The second kappa shape index (κ2) is 8.96. The maximum absolute atomic E-state index is 13.4. The fourth-order valence-electron chi connectivity index (χ4n) is 3.78. The van der Waals surface area contributed by atoms with E-state index in [0.717, 1.165) is 11.1 Å². The highest BCUT2D eigenvalue weighted by atomic mass is 35.5. The van der Waals surface area contributed by atoms with Crippen LogP contribution in [0.1, 0.15) is 11.1 Å². The van der Waals surface area contributed by atoms with Crippen LogP contribution in [0.15, 0.2) is 76.7 Å². The number of hydrogen-bond acceptors (Lipinski definition) is 5. The Labute approximate surface area is 204 Å². The molecule has 1 amide bonds. The van der Waals surface area contributed by atoms with Crippen molar-refractivity contribution in [1.29, 1.82) is 0 Å². The number of nitrogens with one attached hydrogen (secondary N) is 1. The molecule has 0 saturated heterocycles. The Morgan fingerprint density at radius 1 is 1.03 bits per heavy atom. The monoisotopic (exact) mass is 489 g/mol. The van der Waals surface area contributed by atoms with Gasteiger partial charge in [-0.15, -0.1) is 10.2 Å². The zero-order chi connectivity index (χ0) is 23.8. The zero-order valence-electron chi connectivity index (χ0n) is 18.4. The first kappa shape index (κ1) is 22.2. The van der Waals surface area contributed by atoms with Crippen LogP contribution in [-0.2, 0) is 4.79 Å². The highest BCUT2D eigenvalue weighted by Crippen LogP contribution is 2.24. The fourth-order valence-corrected chi connectivity index (χ4v) is 4.75. The van der Waals surface area contributed by atoms with Crippen molar-refractivity contribution in [2.75, 3.05) is 11.1 Å². The first-order chi connectivity index (χ1) is 16.4. The van der Waals surface area contributed by atoms with E-state index >= 15 is 0 Å². The molecule has 0 unspecified atom stereocenters. The number of anilines is 1. The van der Waals surface area contributed by atoms with Crippen LogP contribution >= 0.6 is 23.4 Å². The molecule has 3 aromatic carbocycles. The van der Waals surface area contributed by atoms with E-state index in [2.05, 4.69) is 15.5 Å². The van der Waals surface area contributed by atoms with Crippen LogP contribution in [0.5, 0.6) is 0 Å². The van der Waals surface area contributed by atoms with Crippen molar-refractivity contribution >= 4 is 51.6 Å². The Morgan fingerprint density at radius 3 is 2.56 bits per heavy atom. The van der Waals surface area contributed by atoms with Crippen molar-refractivity contribution in [3.05, 3.63) is 93.2 Å². The van der Waals surface area contributed by atoms with Gasteiger partial charge >= 0.3 is 0 Å². The number of carbonyl (C=O) groups excluding carboxylic acids is 1. The van der Waals surface area contributed by atoms with Gasteiger partial charge in [0.15, 0.2) is 5.16 Å². The van der Waals surface area contributed by atoms with Gasteiger partial charge in [0.05, 0.1) is 22.3 Å². The van der Waals surface area contributed by atoms with E-state index in [-0.39, 0.29) is 17.2 Å². The molecule has 0 atom stereocenters. The first-order valence-corrected chi connectivity index (χ1v) is 11.9. The summed E-state index contributed by atoms with van der Waals surface area (Å²) >= 11 is 7.26. The maximum atomic E-state index is 13.4. The third-order valence-corrected chi connectivity index (χ3v) is 6.65. The summed E-state index contributed by atoms with van der Waals surface area (Å²) < 4.78 is 3.37. The summed E-state index contributed by atoms with van der Waals surface area (Å²) in [6.45, 7) is 3.88. The van der Waals surface area contributed by atoms with Gasteiger partial charge < -0.3 is 5.32 Å². The summed E-state index contributed by atoms with van der Waals surface area (Å²) in [6, 6.07) is 20.3. The Kier molecular flexibility index (Phi) is 5.85. The van der Waals surface area contributed by atoms with Crippen molar-refractivity contribution in [1.82, 2.24) is 19.2 Å². The molecule has 0 spiro atoms. The van der Waals surface area contributed by atoms with Gasteiger partial charge in [0.25, 0.3) is 5.56 Å². The van der Waals surface area contributed by atoms with E-state index in [1.54, 1.807) is 28.8 Å². The number of para-hydroxylation sites is 1. The zero-order valence-corrected chi connectivity index (χ0v) is 20.0. The third-order valence-electron chi connectivity index (χ3n) is 5.48. The normalized spacial score (nSPS) is 11.3. The van der Waals surface area contributed by atoms with E-state index in [1.807, 2.05) is 60.7 Å². The average molecular weight is 490 g/mol. The summed E-state index contributed by atoms with van der Waals surface area (Å²) in [4.78, 5) is 26.0. The van der Waals surface area contributed by atoms with Gasteiger partial charge in [-0.05, 0) is 61.9 Å². The van der Waals surface area contributed by atoms with Crippen LogP contribution in [0.25, 0.3) is 22.4 Å². The molecule has 5 aromatic rings. The lowest BCUT2D eigenvalue weighted by molar-refractivity contribution is -0.113. The van der Waals surface area contributed by atoms with E-state index in [1.165, 1.54) is 11.8 Å². The number of fused-ring (bicyclic) bond motifs is 3. The lowest BCUT2D eigenvalue weighted by atomic mass is 10.2. The molecular weight excluding hydrogens is 470 g/mol. The molecule has 1 N–H and O–H groups in total. The van der Waals surface area contributed by atoms with Gasteiger partial charge in [0.2, 0.25) is 11.7 Å². The minimum absolute atomic E-state index is 0.126. The molecule has 170 valence electrons. The molecule has 0 aliphatic heterocycles. The van der Waals surface area contributed by atoms with E-state index in [0.29, 0.717) is 38.2 Å². The van der Waals surface area contributed by atoms with E-state index < -0.39 is 0 Å². The van der Waals surface area contributed by atoms with Crippen LogP contribution in [0.4, 0.5) is 5.69 Å². The summed E-state index contributed by atoms with van der Waals surface area (Å²) in [5.74, 6) is 0.341. The summed E-state index contributed by atoms with van der Waals surface area (Å²) in [6.07, 6.45) is 0. The van der Waals surface area contributed by atoms with E-state index in [9.17, 15) is 9.59 Å². The van der Waals surface area contributed by atoms with Gasteiger partial charge in [-0.2, -0.15) is 0 Å². The SMILES string of the molecule is Cc1ccc(-n2c(=O)c3ccccc3n3c(SCC(=O)Nc4ccc(Cl)cc4C)nnc23)cc1. The topological polar surface area (TPSA) is 81.3 Å². The van der Waals surface area contributed by atoms with Crippen LogP contribution in [-0.4, -0.2) is 30.8 Å². The Balaban J connectivity index is 1.53. The maximum Gasteiger partial charge on any atom is 0.267 e. The minimum atomic E-state index is -0.177. The van der Waals surface area contributed by atoms with Gasteiger partial charge in [-0.1, -0.05) is 53.2 Å². The first-order valence-electron chi connectivity index (χ1n) is 10.6. The Hall–Kier alpha value is -3.62. The molecule has 0 radical (unpaired) electrons. The van der Waals surface area contributed by atoms with Crippen LogP contribution < -0.4 is 10.9 Å². The molecule has 5 rings (SSSR count). The van der Waals surface area contributed by atoms with Gasteiger partial charge in [0.1, 0.15) is 0 Å². The Bertz CT molecular complexity index is 1610. The predicted molar refractivity (Wildman–Crippen MR) is 136 cm³/mol. The van der Waals surface area contributed by atoms with Crippen molar-refractivity contribution in [2.45, 2.75) is 19.0 Å². The number of nitrogens with zero attached hydrogens (tertiary/aromatic N) is 4. The fraction of sp³-hybridized carbons (Fsp3) is 0.120. The lowest BCUT2D eigenvalue weighted by Crippen LogP contribution is -2.22. The predicted octanol–water partition coefficient (Wildman–Crippen LogP) is 5.03. The number of aryl methyl sites for hydroxylation is 2. The quantitative estimate of drug-likeness (QED) is 0.350. The molecule has 9 heteroatoms. The van der Waals surface area contributed by atoms with Crippen molar-refractivity contribution in [2.24, 2.45) is 0 Å². The molecule has 0 aliphatic carbocycles. The molecule has 0 bridgehead atoms. The second-order valence-corrected chi connectivity index (χ2v) is 9.29. The second-order valence-electron chi connectivity index (χ2n) is 7.91. The summed E-state index contributed by atoms with van der Waals surface area (Å²) in [7, 11) is 0. The van der Waals surface area contributed by atoms with Gasteiger partial charge in [-0.3, -0.25) is 14.0 Å². The average Bonchev–Trinajstić information content (AvgIpc) is 3.25. The number of rotatable bonds is 5. The van der Waals surface area contributed by atoms with Gasteiger partial charge in [-0.25, -0.2) is 4.57 Å². The number of carbonyl (C=O) groups is 1. The smallest absolute Gasteiger partial charge is 0.267 e. The van der Waals surface area contributed by atoms with Gasteiger partial charge in [0, 0.05) is 10.7 Å². The molecule has 7 nitrogen and oxygen atoms in total. The van der Waals surface area contributed by atoms with Crippen LogP contribution in [0.3, 0.4) is 0 Å². The largest absolute Gasteiger partial charge is 0.325 e. The number of benzene rings is 3. The van der Waals surface area contributed by atoms with Crippen molar-refractivity contribution in [3.8, 4) is 5.69 Å². The van der Waals surface area contributed by atoms with Crippen molar-refractivity contribution in [3.63, 3.8) is 0 Å². The standard InChI is InChI=1S/C25H20ClN5O2S/c1-15-7-10-18(11-8-15)30-23(33)19-5-3-4-6-21(19)31-24(30)28-29-25(31)34-14-22(32)27-20-12-9-17(26)13-16(20)2/h3-13H,14H2,1-2H3,(H,27,32). The molecule has 2 aromatic heterocycles. The molecule has 0 fully saturated rings. The summed E-state index contributed by atoms with van der Waals surface area (Å²) in [5.41, 5.74) is 3.89. The molecule has 2 heterocycles. The molecular formula is C25H20ClN5O2S. The summed E-state index contributed by atoms with van der Waals surface area (Å²) in [5, 5.41) is 13.2. The highest BCUT2D eigenvalue weighted by molar-refractivity contribution is 7.99. The highest BCUT2D eigenvalue weighted by Gasteiger charge is 2.18. The lowest BCUT2D eigenvalue weighted by Gasteiger charge is -2.12. The van der Waals surface area contributed by atoms with E-state index in [4.69, 9.17) is 11.6 Å². The number of thioether (sulfide) groups is 1. The molecule has 0 aliphatic rings. The third kappa shape index (κ3) is 4.06. The minimum Gasteiger partial charge on any atom is -0.325 e. The van der Waals surface area contributed by atoms with Crippen LogP contribution in [0.2, 0.25) is 5.02 Å². The number of hydrogen-bond donors (Lipinski definition) is 1. The number of halogens is 1. The number of aromatic nitrogens is 4. The molecule has 0 saturated carbocycles. The van der Waals surface area contributed by atoms with Crippen molar-refractivity contribution < 1.29 is 4.79 Å². The number of amides is 1. The molecule has 34 heavy (non-hydrogen) atoms.